The van der Waals surface area contributed by atoms with Crippen LogP contribution < -0.4 is 9.64 Å². The van der Waals surface area contributed by atoms with Crippen LogP contribution in [0.1, 0.15) is 19.8 Å². The van der Waals surface area contributed by atoms with Crippen LogP contribution in [-0.2, 0) is 0 Å². The summed E-state index contributed by atoms with van der Waals surface area (Å²) in [7, 11) is 1.28. The number of ether oxygens (including phenoxy) is 1. The number of halogens is 3. The predicted octanol–water partition coefficient (Wildman–Crippen LogP) is 3.72. The molecular weight excluding hydrogens is 364 g/mol. The number of anilines is 1. The van der Waals surface area contributed by atoms with Gasteiger partial charge < -0.3 is 9.64 Å². The van der Waals surface area contributed by atoms with Gasteiger partial charge in [0.25, 0.3) is 5.78 Å². The minimum Gasteiger partial charge on any atom is -0.494 e. The van der Waals surface area contributed by atoms with Crippen molar-refractivity contribution in [3.8, 4) is 16.9 Å². The summed E-state index contributed by atoms with van der Waals surface area (Å²) in [6, 6.07) is 2.28. The maximum absolute atomic E-state index is 14.8. The number of aromatic nitrogens is 4. The van der Waals surface area contributed by atoms with E-state index >= 15 is 0 Å². The first-order valence-corrected chi connectivity index (χ1v) is 8.58. The quantitative estimate of drug-likeness (QED) is 0.649. The largest absolute Gasteiger partial charge is 0.494 e. The van der Waals surface area contributed by atoms with E-state index < -0.39 is 11.6 Å². The molecule has 0 spiro atoms. The highest BCUT2D eigenvalue weighted by Gasteiger charge is 2.30. The number of hydrogen-bond donors (Lipinski definition) is 0. The molecule has 1 unspecified atom stereocenters. The average molecular weight is 380 g/mol. The summed E-state index contributed by atoms with van der Waals surface area (Å²) in [5.41, 5.74) is 0.296. The van der Waals surface area contributed by atoms with Crippen molar-refractivity contribution in [2.24, 2.45) is 0 Å². The van der Waals surface area contributed by atoms with Crippen LogP contribution in [0.4, 0.5) is 14.6 Å². The summed E-state index contributed by atoms with van der Waals surface area (Å²) in [6.45, 7) is 2.82. The van der Waals surface area contributed by atoms with Gasteiger partial charge in [0.1, 0.15) is 23.1 Å². The molecule has 2 aromatic heterocycles. The van der Waals surface area contributed by atoms with Crippen molar-refractivity contribution in [2.45, 2.75) is 25.8 Å². The van der Waals surface area contributed by atoms with Gasteiger partial charge >= 0.3 is 0 Å². The Morgan fingerprint density at radius 1 is 1.27 bits per heavy atom. The molecule has 0 N–H and O–H groups in total. The maximum Gasteiger partial charge on any atom is 0.255 e. The van der Waals surface area contributed by atoms with Crippen molar-refractivity contribution >= 4 is 23.2 Å². The standard InChI is InChI=1S/C17H16ClF2N5O/c1-9-4-3-5-24(9)16-14(15(18)23-17-21-8-22-25(16)17)10-6-12(20)13(26-2)7-11(10)19/h6-9H,3-5H2,1-2H3. The molecule has 1 saturated heterocycles. The summed E-state index contributed by atoms with van der Waals surface area (Å²) < 4.78 is 35.4. The molecule has 0 aliphatic carbocycles. The highest BCUT2D eigenvalue weighted by atomic mass is 35.5. The van der Waals surface area contributed by atoms with E-state index in [9.17, 15) is 8.78 Å². The van der Waals surface area contributed by atoms with E-state index in [0.29, 0.717) is 11.6 Å². The first-order chi connectivity index (χ1) is 12.5. The molecule has 1 aromatic carbocycles. The Morgan fingerprint density at radius 2 is 2.08 bits per heavy atom. The fraction of sp³-hybridized carbons (Fsp3) is 0.353. The topological polar surface area (TPSA) is 55.6 Å². The van der Waals surface area contributed by atoms with Gasteiger partial charge in [-0.1, -0.05) is 11.6 Å². The summed E-state index contributed by atoms with van der Waals surface area (Å²) in [4.78, 5) is 10.3. The number of methoxy groups -OCH3 is 1. The first-order valence-electron chi connectivity index (χ1n) is 8.20. The lowest BCUT2D eigenvalue weighted by molar-refractivity contribution is 0.383. The molecule has 3 heterocycles. The zero-order valence-corrected chi connectivity index (χ0v) is 15.0. The number of hydrogen-bond acceptors (Lipinski definition) is 5. The number of benzene rings is 1. The van der Waals surface area contributed by atoms with Crippen molar-refractivity contribution in [3.63, 3.8) is 0 Å². The summed E-state index contributed by atoms with van der Waals surface area (Å²) in [5, 5.41) is 4.26. The molecule has 3 aromatic rings. The van der Waals surface area contributed by atoms with Gasteiger partial charge in [0, 0.05) is 24.2 Å². The van der Waals surface area contributed by atoms with Crippen LogP contribution in [0, 0.1) is 11.6 Å². The molecule has 1 aliphatic heterocycles. The van der Waals surface area contributed by atoms with Crippen molar-refractivity contribution in [1.82, 2.24) is 19.6 Å². The monoisotopic (exact) mass is 379 g/mol. The smallest absolute Gasteiger partial charge is 0.255 e. The van der Waals surface area contributed by atoms with Crippen LogP contribution >= 0.6 is 11.6 Å². The Balaban J connectivity index is 2.04. The van der Waals surface area contributed by atoms with E-state index in [2.05, 4.69) is 26.9 Å². The third-order valence-electron chi connectivity index (χ3n) is 4.69. The van der Waals surface area contributed by atoms with Crippen molar-refractivity contribution < 1.29 is 13.5 Å². The van der Waals surface area contributed by atoms with Gasteiger partial charge in [0.2, 0.25) is 0 Å². The third kappa shape index (κ3) is 2.56. The Hall–Kier alpha value is -2.48. The second-order valence-corrected chi connectivity index (χ2v) is 6.58. The number of fused-ring (bicyclic) bond motifs is 1. The van der Waals surface area contributed by atoms with Crippen LogP contribution in [0.3, 0.4) is 0 Å². The Labute approximate surface area is 153 Å². The van der Waals surface area contributed by atoms with Crippen LogP contribution in [0.15, 0.2) is 18.5 Å². The maximum atomic E-state index is 14.8. The Morgan fingerprint density at radius 3 is 2.77 bits per heavy atom. The molecule has 0 bridgehead atoms. The van der Waals surface area contributed by atoms with E-state index in [4.69, 9.17) is 16.3 Å². The van der Waals surface area contributed by atoms with Crippen LogP contribution in [0.2, 0.25) is 5.15 Å². The Kier molecular flexibility index (Phi) is 4.14. The SMILES string of the molecule is COc1cc(F)c(-c2c(Cl)nc3ncnn3c2N2CCCC2C)cc1F. The van der Waals surface area contributed by atoms with Gasteiger partial charge in [0.15, 0.2) is 11.6 Å². The van der Waals surface area contributed by atoms with Gasteiger partial charge in [-0.05, 0) is 25.8 Å². The van der Waals surface area contributed by atoms with E-state index in [1.54, 1.807) is 0 Å². The van der Waals surface area contributed by atoms with E-state index in [0.717, 1.165) is 31.5 Å². The fourth-order valence-electron chi connectivity index (χ4n) is 3.42. The third-order valence-corrected chi connectivity index (χ3v) is 4.97. The number of rotatable bonds is 3. The molecule has 0 radical (unpaired) electrons. The fourth-order valence-corrected chi connectivity index (χ4v) is 3.69. The Bertz CT molecular complexity index is 993. The molecule has 0 saturated carbocycles. The highest BCUT2D eigenvalue weighted by molar-refractivity contribution is 6.33. The first kappa shape index (κ1) is 17.0. The molecule has 1 fully saturated rings. The van der Waals surface area contributed by atoms with Gasteiger partial charge in [-0.2, -0.15) is 19.6 Å². The summed E-state index contributed by atoms with van der Waals surface area (Å²) >= 11 is 6.38. The van der Waals surface area contributed by atoms with Crippen LogP contribution in [0.25, 0.3) is 16.9 Å². The van der Waals surface area contributed by atoms with Crippen molar-refractivity contribution in [3.05, 3.63) is 35.2 Å². The zero-order valence-electron chi connectivity index (χ0n) is 14.2. The van der Waals surface area contributed by atoms with Gasteiger partial charge in [-0.3, -0.25) is 0 Å². The van der Waals surface area contributed by atoms with E-state index in [1.807, 2.05) is 0 Å². The van der Waals surface area contributed by atoms with Gasteiger partial charge in [-0.15, -0.1) is 0 Å². The summed E-state index contributed by atoms with van der Waals surface area (Å²) in [5.74, 6) is -0.639. The second kappa shape index (κ2) is 6.35. The van der Waals surface area contributed by atoms with Crippen LogP contribution in [-0.4, -0.2) is 39.3 Å². The molecular formula is C17H16ClF2N5O. The van der Waals surface area contributed by atoms with E-state index in [1.165, 1.54) is 18.0 Å². The highest BCUT2D eigenvalue weighted by Crippen LogP contribution is 2.41. The lowest BCUT2D eigenvalue weighted by Gasteiger charge is -2.27. The second-order valence-electron chi connectivity index (χ2n) is 6.22. The molecule has 4 rings (SSSR count). The van der Waals surface area contributed by atoms with Crippen molar-refractivity contribution in [2.75, 3.05) is 18.6 Å². The predicted molar refractivity (Wildman–Crippen MR) is 93.7 cm³/mol. The summed E-state index contributed by atoms with van der Waals surface area (Å²) in [6.07, 6.45) is 3.32. The number of nitrogens with zero attached hydrogens (tertiary/aromatic N) is 5. The molecule has 1 atom stereocenters. The molecule has 26 heavy (non-hydrogen) atoms. The minimum absolute atomic E-state index is 0.00676. The molecule has 6 nitrogen and oxygen atoms in total. The van der Waals surface area contributed by atoms with Crippen LogP contribution in [0.5, 0.6) is 5.75 Å². The van der Waals surface area contributed by atoms with Gasteiger partial charge in [0.05, 0.1) is 12.7 Å². The van der Waals surface area contributed by atoms with Crippen molar-refractivity contribution in [1.29, 1.82) is 0 Å². The molecule has 0 amide bonds. The van der Waals surface area contributed by atoms with E-state index in [-0.39, 0.29) is 28.1 Å². The van der Waals surface area contributed by atoms with Gasteiger partial charge in [-0.25, -0.2) is 8.78 Å². The lowest BCUT2D eigenvalue weighted by Crippen LogP contribution is -2.29. The molecule has 136 valence electrons. The average Bonchev–Trinajstić information content (AvgIpc) is 3.24. The zero-order chi connectivity index (χ0) is 18.4. The molecule has 1 aliphatic rings. The minimum atomic E-state index is -0.681. The molecule has 9 heteroatoms. The normalized spacial score (nSPS) is 17.3. The lowest BCUT2D eigenvalue weighted by atomic mass is 10.1.